The first-order valence-electron chi connectivity index (χ1n) is 4.70. The number of ether oxygens (including phenoxy) is 1. The summed E-state index contributed by atoms with van der Waals surface area (Å²) in [5.74, 6) is -0.0695. The molecule has 9 heteroatoms. The van der Waals surface area contributed by atoms with Gasteiger partial charge in [0, 0.05) is 19.3 Å². The van der Waals surface area contributed by atoms with E-state index in [0.717, 1.165) is 0 Å². The molecule has 0 spiro atoms. The number of hydrogen-bond donors (Lipinski definition) is 2. The lowest BCUT2D eigenvalue weighted by Gasteiger charge is -2.08. The van der Waals surface area contributed by atoms with Gasteiger partial charge in [0.1, 0.15) is 5.15 Å². The van der Waals surface area contributed by atoms with E-state index >= 15 is 0 Å². The molecule has 17 heavy (non-hydrogen) atoms. The van der Waals surface area contributed by atoms with Crippen LogP contribution in [-0.2, 0) is 14.9 Å². The van der Waals surface area contributed by atoms with E-state index in [0.29, 0.717) is 5.69 Å². The van der Waals surface area contributed by atoms with E-state index in [1.54, 1.807) is 6.92 Å². The summed E-state index contributed by atoms with van der Waals surface area (Å²) >= 11 is 5.68. The van der Waals surface area contributed by atoms with E-state index in [1.165, 1.54) is 13.2 Å². The molecule has 96 valence electrons. The topological polar surface area (TPSA) is 93.2 Å². The fourth-order valence-electron chi connectivity index (χ4n) is 1.01. The summed E-state index contributed by atoms with van der Waals surface area (Å²) in [5, 5.41) is 0.173. The summed E-state index contributed by atoms with van der Waals surface area (Å²) in [7, 11) is -2.23. The van der Waals surface area contributed by atoms with Gasteiger partial charge in [0.2, 0.25) is 5.95 Å². The van der Waals surface area contributed by atoms with Crippen molar-refractivity contribution in [1.82, 2.24) is 14.7 Å². The zero-order chi connectivity index (χ0) is 12.9. The second kappa shape index (κ2) is 6.10. The third kappa shape index (κ3) is 5.26. The number of aryl methyl sites for hydroxylation is 1. The summed E-state index contributed by atoms with van der Waals surface area (Å²) in [6, 6.07) is 1.53. The molecule has 2 N–H and O–H groups in total. The number of nitrogens with one attached hydrogen (secondary N) is 2. The fraction of sp³-hybridized carbons (Fsp3) is 0.500. The van der Waals surface area contributed by atoms with E-state index in [4.69, 9.17) is 16.3 Å². The van der Waals surface area contributed by atoms with Crippen molar-refractivity contribution >= 4 is 27.8 Å². The zero-order valence-corrected chi connectivity index (χ0v) is 11.0. The first-order chi connectivity index (χ1) is 7.93. The maximum Gasteiger partial charge on any atom is 0.301 e. The molecule has 0 fully saturated rings. The SMILES string of the molecule is COCCNS(=O)(=O)Nc1nc(C)cc(Cl)n1. The molecule has 0 aliphatic heterocycles. The largest absolute Gasteiger partial charge is 0.383 e. The van der Waals surface area contributed by atoms with Crippen molar-refractivity contribution in [2.24, 2.45) is 0 Å². The van der Waals surface area contributed by atoms with Crippen molar-refractivity contribution in [2.75, 3.05) is 25.0 Å². The van der Waals surface area contributed by atoms with Gasteiger partial charge in [-0.15, -0.1) is 0 Å². The molecule has 1 rings (SSSR count). The lowest BCUT2D eigenvalue weighted by atomic mass is 10.5. The van der Waals surface area contributed by atoms with Gasteiger partial charge in [0.25, 0.3) is 0 Å². The van der Waals surface area contributed by atoms with Crippen molar-refractivity contribution in [3.63, 3.8) is 0 Å². The maximum absolute atomic E-state index is 11.5. The molecule has 0 atom stereocenters. The minimum Gasteiger partial charge on any atom is -0.383 e. The number of rotatable bonds is 6. The molecular weight excluding hydrogens is 268 g/mol. The van der Waals surface area contributed by atoms with Crippen LogP contribution in [0.2, 0.25) is 5.15 Å². The van der Waals surface area contributed by atoms with Crippen molar-refractivity contribution in [3.05, 3.63) is 16.9 Å². The summed E-state index contributed by atoms with van der Waals surface area (Å²) in [4.78, 5) is 7.63. The molecular formula is C8H13ClN4O3S. The molecule has 1 aromatic heterocycles. The number of hydrogen-bond acceptors (Lipinski definition) is 5. The van der Waals surface area contributed by atoms with Gasteiger partial charge in [-0.25, -0.2) is 14.7 Å². The third-order valence-corrected chi connectivity index (χ3v) is 2.88. The fourth-order valence-corrected chi connectivity index (χ4v) is 2.00. The van der Waals surface area contributed by atoms with E-state index in [9.17, 15) is 8.42 Å². The highest BCUT2D eigenvalue weighted by Crippen LogP contribution is 2.10. The van der Waals surface area contributed by atoms with Crippen molar-refractivity contribution in [3.8, 4) is 0 Å². The molecule has 0 amide bonds. The molecule has 0 saturated carbocycles. The third-order valence-electron chi connectivity index (χ3n) is 1.65. The van der Waals surface area contributed by atoms with Crippen molar-refractivity contribution < 1.29 is 13.2 Å². The average Bonchev–Trinajstić information content (AvgIpc) is 2.14. The molecule has 0 bridgehead atoms. The Bertz CT molecular complexity index is 459. The van der Waals surface area contributed by atoms with Crippen LogP contribution in [0.25, 0.3) is 0 Å². The van der Waals surface area contributed by atoms with Crippen LogP contribution in [0.3, 0.4) is 0 Å². The Hall–Kier alpha value is -0.960. The van der Waals surface area contributed by atoms with Crippen LogP contribution in [0.5, 0.6) is 0 Å². The normalized spacial score (nSPS) is 11.5. The predicted molar refractivity (Wildman–Crippen MR) is 64.2 cm³/mol. The molecule has 0 unspecified atom stereocenters. The highest BCUT2D eigenvalue weighted by Gasteiger charge is 2.11. The number of halogens is 1. The molecule has 0 saturated heterocycles. The summed E-state index contributed by atoms with van der Waals surface area (Å²) in [6.07, 6.45) is 0. The first kappa shape index (κ1) is 14.1. The molecule has 1 heterocycles. The van der Waals surface area contributed by atoms with Crippen LogP contribution in [-0.4, -0.2) is 38.6 Å². The lowest BCUT2D eigenvalue weighted by Crippen LogP contribution is -2.33. The number of nitrogens with zero attached hydrogens (tertiary/aromatic N) is 2. The molecule has 0 aliphatic rings. The van der Waals surface area contributed by atoms with Crippen LogP contribution < -0.4 is 9.44 Å². The first-order valence-corrected chi connectivity index (χ1v) is 6.56. The second-order valence-electron chi connectivity index (χ2n) is 3.15. The van der Waals surface area contributed by atoms with Gasteiger partial charge in [-0.1, -0.05) is 11.6 Å². The number of anilines is 1. The van der Waals surface area contributed by atoms with E-state index in [2.05, 4.69) is 19.4 Å². The Labute approximate surface area is 105 Å². The van der Waals surface area contributed by atoms with Crippen molar-refractivity contribution in [2.45, 2.75) is 6.92 Å². The molecule has 0 aliphatic carbocycles. The minimum absolute atomic E-state index is 0.0695. The van der Waals surface area contributed by atoms with Gasteiger partial charge < -0.3 is 4.74 Å². The van der Waals surface area contributed by atoms with Crippen LogP contribution in [0.15, 0.2) is 6.07 Å². The van der Waals surface area contributed by atoms with Crippen LogP contribution in [0.1, 0.15) is 5.69 Å². The summed E-state index contributed by atoms with van der Waals surface area (Å²) < 4.78 is 32.1. The minimum atomic E-state index is -3.70. The van der Waals surface area contributed by atoms with Crippen molar-refractivity contribution in [1.29, 1.82) is 0 Å². The molecule has 0 aromatic carbocycles. The maximum atomic E-state index is 11.5. The van der Waals surface area contributed by atoms with E-state index in [-0.39, 0.29) is 24.3 Å². The smallest absolute Gasteiger partial charge is 0.301 e. The summed E-state index contributed by atoms with van der Waals surface area (Å²) in [5.41, 5.74) is 0.569. The van der Waals surface area contributed by atoms with Gasteiger partial charge >= 0.3 is 10.2 Å². The van der Waals surface area contributed by atoms with Crippen LogP contribution >= 0.6 is 11.6 Å². The van der Waals surface area contributed by atoms with Gasteiger partial charge in [-0.05, 0) is 13.0 Å². The second-order valence-corrected chi connectivity index (χ2v) is 5.04. The van der Waals surface area contributed by atoms with Gasteiger partial charge in [-0.3, -0.25) is 0 Å². The summed E-state index contributed by atoms with van der Waals surface area (Å²) in [6.45, 7) is 2.12. The Morgan fingerprint density at radius 3 is 2.76 bits per heavy atom. The average molecular weight is 281 g/mol. The van der Waals surface area contributed by atoms with Gasteiger partial charge in [0.05, 0.1) is 6.61 Å². The predicted octanol–water partition coefficient (Wildman–Crippen LogP) is 0.331. The van der Waals surface area contributed by atoms with E-state index in [1.807, 2.05) is 0 Å². The van der Waals surface area contributed by atoms with Gasteiger partial charge in [-0.2, -0.15) is 13.1 Å². The zero-order valence-electron chi connectivity index (χ0n) is 9.40. The quantitative estimate of drug-likeness (QED) is 0.579. The highest BCUT2D eigenvalue weighted by molar-refractivity contribution is 7.90. The molecule has 7 nitrogen and oxygen atoms in total. The lowest BCUT2D eigenvalue weighted by molar-refractivity contribution is 0.204. The Morgan fingerprint density at radius 2 is 2.18 bits per heavy atom. The molecule has 1 aromatic rings. The highest BCUT2D eigenvalue weighted by atomic mass is 35.5. The van der Waals surface area contributed by atoms with Gasteiger partial charge in [0.15, 0.2) is 0 Å². The Morgan fingerprint density at radius 1 is 1.47 bits per heavy atom. The molecule has 0 radical (unpaired) electrons. The monoisotopic (exact) mass is 280 g/mol. The Balaban J connectivity index is 2.69. The Kier molecular flexibility index (Phi) is 5.06. The standard InChI is InChI=1S/C8H13ClN4O3S/c1-6-5-7(9)12-8(11-6)13-17(14,15)10-3-4-16-2/h5,10H,3-4H2,1-2H3,(H,11,12,13). The number of aromatic nitrogens is 2. The number of methoxy groups -OCH3 is 1. The van der Waals surface area contributed by atoms with Crippen LogP contribution in [0.4, 0.5) is 5.95 Å². The van der Waals surface area contributed by atoms with Crippen LogP contribution in [0, 0.1) is 6.92 Å². The van der Waals surface area contributed by atoms with E-state index < -0.39 is 10.2 Å².